The second-order valence-electron chi connectivity index (χ2n) is 3.18. The minimum atomic E-state index is 0.611. The van der Waals surface area contributed by atoms with Crippen LogP contribution in [0, 0.1) is 0 Å². The maximum Gasteiger partial charge on any atom is 0.127 e. The predicted octanol–water partition coefficient (Wildman–Crippen LogP) is 1.93. The van der Waals surface area contributed by atoms with Gasteiger partial charge in [-0.3, -0.25) is 0 Å². The molecule has 0 saturated carbocycles. The van der Waals surface area contributed by atoms with E-state index in [1.54, 1.807) is 7.11 Å². The molecule has 0 saturated heterocycles. The van der Waals surface area contributed by atoms with Crippen molar-refractivity contribution in [3.05, 3.63) is 28.3 Å². The van der Waals surface area contributed by atoms with E-state index in [9.17, 15) is 0 Å². The van der Waals surface area contributed by atoms with Gasteiger partial charge in [-0.05, 0) is 17.7 Å². The van der Waals surface area contributed by atoms with Crippen molar-refractivity contribution in [3.63, 3.8) is 0 Å². The number of rotatable bonds is 3. The summed E-state index contributed by atoms with van der Waals surface area (Å²) >= 11 is 5.98. The second-order valence-corrected chi connectivity index (χ2v) is 3.61. The van der Waals surface area contributed by atoms with Crippen LogP contribution in [0.25, 0.3) is 0 Å². The fraction of sp³-hybridized carbons (Fsp3) is 0.400. The van der Waals surface area contributed by atoms with Crippen molar-refractivity contribution in [2.24, 2.45) is 0 Å². The summed E-state index contributed by atoms with van der Waals surface area (Å²) in [6.45, 7) is 1.36. The Kier molecular flexibility index (Phi) is 2.91. The molecule has 0 amide bonds. The molecule has 1 aliphatic rings. The normalized spacial score (nSPS) is 13.9. The Bertz CT molecular complexity index is 341. The fourth-order valence-electron chi connectivity index (χ4n) is 1.63. The van der Waals surface area contributed by atoms with Crippen LogP contribution < -0.4 is 10.2 Å². The standard InChI is InChI=1S/C10H12ClNO2/c1-13-12-6-8-5-9(11)4-7-2-3-14-10(7)8/h4-5,12H,2-3,6H2,1H3. The Hall–Kier alpha value is -0.770. The summed E-state index contributed by atoms with van der Waals surface area (Å²) in [5.41, 5.74) is 5.02. The molecule has 1 aliphatic heterocycles. The van der Waals surface area contributed by atoms with Crippen molar-refractivity contribution in [2.75, 3.05) is 13.7 Å². The molecule has 0 unspecified atom stereocenters. The fourth-order valence-corrected chi connectivity index (χ4v) is 1.89. The molecule has 0 bridgehead atoms. The average Bonchev–Trinajstić information content (AvgIpc) is 2.61. The SMILES string of the molecule is CONCc1cc(Cl)cc2c1OCC2. The number of ether oxygens (including phenoxy) is 1. The monoisotopic (exact) mass is 213 g/mol. The predicted molar refractivity (Wildman–Crippen MR) is 54.5 cm³/mol. The molecule has 4 heteroatoms. The van der Waals surface area contributed by atoms with Gasteiger partial charge in [0.15, 0.2) is 0 Å². The highest BCUT2D eigenvalue weighted by Gasteiger charge is 2.16. The summed E-state index contributed by atoms with van der Waals surface area (Å²) in [6, 6.07) is 3.86. The van der Waals surface area contributed by atoms with Gasteiger partial charge in [-0.15, -0.1) is 0 Å². The highest BCUT2D eigenvalue weighted by atomic mass is 35.5. The molecule has 0 aromatic heterocycles. The quantitative estimate of drug-likeness (QED) is 0.779. The van der Waals surface area contributed by atoms with E-state index in [1.165, 1.54) is 5.56 Å². The van der Waals surface area contributed by atoms with Crippen molar-refractivity contribution in [1.29, 1.82) is 0 Å². The molecule has 1 aromatic rings. The maximum absolute atomic E-state index is 5.98. The van der Waals surface area contributed by atoms with Gasteiger partial charge in [0.2, 0.25) is 0 Å². The summed E-state index contributed by atoms with van der Waals surface area (Å²) in [5, 5.41) is 0.752. The first-order valence-corrected chi connectivity index (χ1v) is 4.89. The Morgan fingerprint density at radius 1 is 1.57 bits per heavy atom. The first kappa shape index (κ1) is 9.77. The molecular weight excluding hydrogens is 202 g/mol. The van der Waals surface area contributed by atoms with E-state index in [4.69, 9.17) is 21.2 Å². The van der Waals surface area contributed by atoms with Crippen LogP contribution >= 0.6 is 11.6 Å². The number of benzene rings is 1. The molecule has 1 N–H and O–H groups in total. The van der Waals surface area contributed by atoms with Crippen LogP contribution in [0.2, 0.25) is 5.02 Å². The van der Waals surface area contributed by atoms with Crippen LogP contribution in [0.4, 0.5) is 0 Å². The van der Waals surface area contributed by atoms with E-state index in [-0.39, 0.29) is 0 Å². The van der Waals surface area contributed by atoms with Gasteiger partial charge in [-0.25, -0.2) is 0 Å². The zero-order valence-electron chi connectivity index (χ0n) is 7.97. The number of nitrogens with one attached hydrogen (secondary N) is 1. The van der Waals surface area contributed by atoms with Gasteiger partial charge < -0.3 is 9.57 Å². The van der Waals surface area contributed by atoms with E-state index in [1.807, 2.05) is 12.1 Å². The molecule has 0 radical (unpaired) electrons. The molecule has 76 valence electrons. The molecule has 3 nitrogen and oxygen atoms in total. The molecule has 1 heterocycles. The number of fused-ring (bicyclic) bond motifs is 1. The second kappa shape index (κ2) is 4.17. The highest BCUT2D eigenvalue weighted by molar-refractivity contribution is 6.30. The lowest BCUT2D eigenvalue weighted by molar-refractivity contribution is 0.0861. The minimum absolute atomic E-state index is 0.611. The average molecular weight is 214 g/mol. The molecule has 0 spiro atoms. The maximum atomic E-state index is 5.98. The van der Waals surface area contributed by atoms with Gasteiger partial charge in [0.25, 0.3) is 0 Å². The Balaban J connectivity index is 2.29. The lowest BCUT2D eigenvalue weighted by Crippen LogP contribution is -2.11. The number of hydrogen-bond donors (Lipinski definition) is 1. The molecule has 0 aliphatic carbocycles. The van der Waals surface area contributed by atoms with Crippen LogP contribution in [0.15, 0.2) is 12.1 Å². The third-order valence-corrected chi connectivity index (χ3v) is 2.45. The molecular formula is C10H12ClNO2. The van der Waals surface area contributed by atoms with Crippen LogP contribution in [0.3, 0.4) is 0 Å². The smallest absolute Gasteiger partial charge is 0.127 e. The van der Waals surface area contributed by atoms with Crippen molar-refractivity contribution >= 4 is 11.6 Å². The third kappa shape index (κ3) is 1.85. The lowest BCUT2D eigenvalue weighted by Gasteiger charge is -2.08. The van der Waals surface area contributed by atoms with Crippen molar-refractivity contribution in [3.8, 4) is 5.75 Å². The lowest BCUT2D eigenvalue weighted by atomic mass is 10.1. The van der Waals surface area contributed by atoms with E-state index in [0.29, 0.717) is 6.54 Å². The van der Waals surface area contributed by atoms with Crippen LogP contribution in [0.5, 0.6) is 5.75 Å². The summed E-state index contributed by atoms with van der Waals surface area (Å²) in [4.78, 5) is 4.80. The van der Waals surface area contributed by atoms with Crippen molar-refractivity contribution in [1.82, 2.24) is 5.48 Å². The first-order chi connectivity index (χ1) is 6.81. The van der Waals surface area contributed by atoms with Gasteiger partial charge in [0.05, 0.1) is 13.7 Å². The molecule has 14 heavy (non-hydrogen) atoms. The third-order valence-electron chi connectivity index (χ3n) is 2.23. The van der Waals surface area contributed by atoms with Gasteiger partial charge >= 0.3 is 0 Å². The van der Waals surface area contributed by atoms with Gasteiger partial charge in [0, 0.05) is 23.6 Å². The Labute approximate surface area is 87.9 Å². The van der Waals surface area contributed by atoms with Gasteiger partial charge in [0.1, 0.15) is 5.75 Å². The molecule has 0 fully saturated rings. The van der Waals surface area contributed by atoms with Crippen LogP contribution in [-0.4, -0.2) is 13.7 Å². The van der Waals surface area contributed by atoms with Gasteiger partial charge in [-0.1, -0.05) is 11.6 Å². The van der Waals surface area contributed by atoms with Crippen molar-refractivity contribution in [2.45, 2.75) is 13.0 Å². The van der Waals surface area contributed by atoms with E-state index in [0.717, 1.165) is 29.4 Å². The Morgan fingerprint density at radius 3 is 3.21 bits per heavy atom. The summed E-state index contributed by atoms with van der Waals surface area (Å²) in [6.07, 6.45) is 0.940. The van der Waals surface area contributed by atoms with Gasteiger partial charge in [-0.2, -0.15) is 5.48 Å². The van der Waals surface area contributed by atoms with E-state index in [2.05, 4.69) is 5.48 Å². The van der Waals surface area contributed by atoms with Crippen molar-refractivity contribution < 1.29 is 9.57 Å². The summed E-state index contributed by atoms with van der Waals surface area (Å²) in [5.74, 6) is 0.957. The molecule has 0 atom stereocenters. The molecule has 2 rings (SSSR count). The number of halogens is 1. The summed E-state index contributed by atoms with van der Waals surface area (Å²) in [7, 11) is 1.59. The topological polar surface area (TPSA) is 30.5 Å². The largest absolute Gasteiger partial charge is 0.493 e. The summed E-state index contributed by atoms with van der Waals surface area (Å²) < 4.78 is 5.53. The zero-order chi connectivity index (χ0) is 9.97. The Morgan fingerprint density at radius 2 is 2.43 bits per heavy atom. The zero-order valence-corrected chi connectivity index (χ0v) is 8.73. The van der Waals surface area contributed by atoms with Crippen LogP contribution in [-0.2, 0) is 17.8 Å². The van der Waals surface area contributed by atoms with E-state index < -0.39 is 0 Å². The number of hydrogen-bond acceptors (Lipinski definition) is 3. The number of hydroxylamine groups is 1. The molecule has 1 aromatic carbocycles. The first-order valence-electron chi connectivity index (χ1n) is 4.51. The highest BCUT2D eigenvalue weighted by Crippen LogP contribution is 2.32. The minimum Gasteiger partial charge on any atom is -0.493 e. The van der Waals surface area contributed by atoms with Crippen LogP contribution in [0.1, 0.15) is 11.1 Å². The van der Waals surface area contributed by atoms with E-state index >= 15 is 0 Å².